The highest BCUT2D eigenvalue weighted by Gasteiger charge is 2.24. The van der Waals surface area contributed by atoms with Crippen LogP contribution in [-0.4, -0.2) is 9.97 Å². The molecule has 3 nitrogen and oxygen atoms in total. The molecule has 0 aliphatic carbocycles. The van der Waals surface area contributed by atoms with Crippen LogP contribution >= 0.6 is 22.7 Å². The smallest absolute Gasteiger partial charge is 0.109 e. The minimum atomic E-state index is 0.118. The lowest BCUT2D eigenvalue weighted by atomic mass is 9.98. The first-order valence-electron chi connectivity index (χ1n) is 7.46. The predicted molar refractivity (Wildman–Crippen MR) is 92.2 cm³/mol. The first-order chi connectivity index (χ1) is 9.82. The molecule has 0 bridgehead atoms. The molecule has 0 saturated carbocycles. The monoisotopic (exact) mass is 323 g/mol. The lowest BCUT2D eigenvalue weighted by molar-refractivity contribution is 0.457. The third-order valence-corrected chi connectivity index (χ3v) is 6.13. The molecule has 2 rings (SSSR count). The molecule has 116 valence electrons. The summed E-state index contributed by atoms with van der Waals surface area (Å²) in [6.07, 6.45) is 2.92. The molecule has 0 radical (unpaired) electrons. The van der Waals surface area contributed by atoms with Gasteiger partial charge in [-0.1, -0.05) is 27.7 Å². The number of aryl methyl sites for hydroxylation is 1. The number of nitrogens with zero attached hydrogens (tertiary/aromatic N) is 2. The van der Waals surface area contributed by atoms with Crippen LogP contribution in [0.15, 0.2) is 11.6 Å². The molecule has 0 saturated heterocycles. The van der Waals surface area contributed by atoms with Crippen molar-refractivity contribution in [1.29, 1.82) is 0 Å². The molecular formula is C16H25N3S2. The number of thiazole rings is 2. The first-order valence-corrected chi connectivity index (χ1v) is 9.15. The molecular weight excluding hydrogens is 298 g/mol. The van der Waals surface area contributed by atoms with Crippen molar-refractivity contribution >= 4 is 22.7 Å². The SMILES string of the molecule is CCC(NC(C)c1sc(C(C)(C)C)nc1C)c1nccs1. The van der Waals surface area contributed by atoms with Crippen LogP contribution in [0.3, 0.4) is 0 Å². The quantitative estimate of drug-likeness (QED) is 0.840. The molecule has 2 aromatic heterocycles. The molecule has 0 spiro atoms. The number of hydrogen-bond acceptors (Lipinski definition) is 5. The highest BCUT2D eigenvalue weighted by atomic mass is 32.1. The van der Waals surface area contributed by atoms with Gasteiger partial charge in [-0.25, -0.2) is 9.97 Å². The second-order valence-corrected chi connectivity index (χ2v) is 8.40. The topological polar surface area (TPSA) is 37.8 Å². The van der Waals surface area contributed by atoms with Gasteiger partial charge in [0.1, 0.15) is 5.01 Å². The van der Waals surface area contributed by atoms with E-state index in [0.717, 1.165) is 12.1 Å². The van der Waals surface area contributed by atoms with Crippen molar-refractivity contribution in [2.24, 2.45) is 0 Å². The van der Waals surface area contributed by atoms with E-state index in [1.807, 2.05) is 22.9 Å². The molecule has 1 N–H and O–H groups in total. The van der Waals surface area contributed by atoms with Crippen LogP contribution in [0.5, 0.6) is 0 Å². The Balaban J connectivity index is 2.16. The molecule has 0 aromatic carbocycles. The van der Waals surface area contributed by atoms with Crippen LogP contribution in [0, 0.1) is 6.92 Å². The van der Waals surface area contributed by atoms with Crippen molar-refractivity contribution < 1.29 is 0 Å². The van der Waals surface area contributed by atoms with Gasteiger partial charge in [0, 0.05) is 27.9 Å². The fraction of sp³-hybridized carbons (Fsp3) is 0.625. The molecule has 0 fully saturated rings. The summed E-state index contributed by atoms with van der Waals surface area (Å²) in [6, 6.07) is 0.618. The second kappa shape index (κ2) is 6.55. The standard InChI is InChI=1S/C16H25N3S2/c1-7-12(14-17-8-9-20-14)18-10(2)13-11(3)19-15(21-13)16(4,5)6/h8-10,12,18H,7H2,1-6H3. The van der Waals surface area contributed by atoms with E-state index in [-0.39, 0.29) is 5.41 Å². The summed E-state index contributed by atoms with van der Waals surface area (Å²) in [4.78, 5) is 10.6. The minimum absolute atomic E-state index is 0.118. The number of rotatable bonds is 5. The Kier molecular flexibility index (Phi) is 5.17. The molecule has 5 heteroatoms. The van der Waals surface area contributed by atoms with Crippen LogP contribution in [0.25, 0.3) is 0 Å². The van der Waals surface area contributed by atoms with Crippen molar-refractivity contribution in [3.63, 3.8) is 0 Å². The zero-order chi connectivity index (χ0) is 15.6. The van der Waals surface area contributed by atoms with Crippen LogP contribution in [0.2, 0.25) is 0 Å². The third kappa shape index (κ3) is 3.90. The Morgan fingerprint density at radius 1 is 1.33 bits per heavy atom. The van der Waals surface area contributed by atoms with Crippen molar-refractivity contribution in [3.8, 4) is 0 Å². The molecule has 2 heterocycles. The maximum atomic E-state index is 4.76. The van der Waals surface area contributed by atoms with Gasteiger partial charge < -0.3 is 5.32 Å². The van der Waals surface area contributed by atoms with Gasteiger partial charge in [0.2, 0.25) is 0 Å². The number of aromatic nitrogens is 2. The molecule has 0 aliphatic heterocycles. The number of nitrogens with one attached hydrogen (secondary N) is 1. The Labute approximate surface area is 135 Å². The summed E-state index contributed by atoms with van der Waals surface area (Å²) >= 11 is 3.55. The lowest BCUT2D eigenvalue weighted by Crippen LogP contribution is -2.24. The fourth-order valence-corrected chi connectivity index (χ4v) is 4.20. The Morgan fingerprint density at radius 3 is 2.52 bits per heavy atom. The average Bonchev–Trinajstić information content (AvgIpc) is 3.03. The van der Waals surface area contributed by atoms with E-state index in [1.165, 1.54) is 14.9 Å². The molecule has 2 atom stereocenters. The second-order valence-electron chi connectivity index (χ2n) is 6.44. The van der Waals surface area contributed by atoms with Gasteiger partial charge in [-0.3, -0.25) is 0 Å². The summed E-state index contributed by atoms with van der Waals surface area (Å²) in [7, 11) is 0. The highest BCUT2D eigenvalue weighted by molar-refractivity contribution is 7.12. The van der Waals surface area contributed by atoms with Crippen molar-refractivity contribution in [3.05, 3.63) is 32.2 Å². The maximum absolute atomic E-state index is 4.76. The maximum Gasteiger partial charge on any atom is 0.109 e. The molecule has 0 aliphatic rings. The summed E-state index contributed by atoms with van der Waals surface area (Å²) in [5, 5.41) is 8.13. The van der Waals surface area contributed by atoms with Crippen LogP contribution in [0.1, 0.15) is 73.7 Å². The van der Waals surface area contributed by atoms with E-state index in [9.17, 15) is 0 Å². The zero-order valence-electron chi connectivity index (χ0n) is 13.7. The Morgan fingerprint density at radius 2 is 2.05 bits per heavy atom. The van der Waals surface area contributed by atoms with Crippen molar-refractivity contribution in [2.45, 2.75) is 65.5 Å². The van der Waals surface area contributed by atoms with Gasteiger partial charge >= 0.3 is 0 Å². The predicted octanol–water partition coefficient (Wildman–Crippen LogP) is 5.01. The van der Waals surface area contributed by atoms with Gasteiger partial charge in [-0.15, -0.1) is 22.7 Å². The number of hydrogen-bond donors (Lipinski definition) is 1. The van der Waals surface area contributed by atoms with Gasteiger partial charge in [-0.2, -0.15) is 0 Å². The Bertz CT molecular complexity index is 567. The summed E-state index contributed by atoms with van der Waals surface area (Å²) in [5.74, 6) is 0. The van der Waals surface area contributed by atoms with E-state index in [0.29, 0.717) is 12.1 Å². The van der Waals surface area contributed by atoms with E-state index < -0.39 is 0 Å². The summed E-state index contributed by atoms with van der Waals surface area (Å²) < 4.78 is 0. The van der Waals surface area contributed by atoms with E-state index in [4.69, 9.17) is 4.98 Å². The molecule has 2 aromatic rings. The fourth-order valence-electron chi connectivity index (χ4n) is 2.28. The van der Waals surface area contributed by atoms with Gasteiger partial charge in [-0.05, 0) is 20.3 Å². The van der Waals surface area contributed by atoms with Crippen molar-refractivity contribution in [1.82, 2.24) is 15.3 Å². The Hall–Kier alpha value is -0.780. The van der Waals surface area contributed by atoms with Crippen LogP contribution < -0.4 is 5.32 Å². The average molecular weight is 324 g/mol. The normalized spacial score (nSPS) is 15.1. The zero-order valence-corrected chi connectivity index (χ0v) is 15.4. The molecule has 21 heavy (non-hydrogen) atoms. The highest BCUT2D eigenvalue weighted by Crippen LogP contribution is 2.33. The van der Waals surface area contributed by atoms with Gasteiger partial charge in [0.05, 0.1) is 16.7 Å². The van der Waals surface area contributed by atoms with Gasteiger partial charge in [0.15, 0.2) is 0 Å². The van der Waals surface area contributed by atoms with Crippen molar-refractivity contribution in [2.75, 3.05) is 0 Å². The largest absolute Gasteiger partial charge is 0.300 e. The molecule has 2 unspecified atom stereocenters. The van der Waals surface area contributed by atoms with E-state index in [2.05, 4.69) is 51.8 Å². The lowest BCUT2D eigenvalue weighted by Gasteiger charge is -2.20. The summed E-state index contributed by atoms with van der Waals surface area (Å²) in [6.45, 7) is 13.2. The van der Waals surface area contributed by atoms with E-state index in [1.54, 1.807) is 11.3 Å². The third-order valence-electron chi connectivity index (χ3n) is 3.48. The molecule has 0 amide bonds. The van der Waals surface area contributed by atoms with Crippen LogP contribution in [0.4, 0.5) is 0 Å². The summed E-state index contributed by atoms with van der Waals surface area (Å²) in [5.41, 5.74) is 1.27. The first kappa shape index (κ1) is 16.6. The van der Waals surface area contributed by atoms with E-state index >= 15 is 0 Å². The minimum Gasteiger partial charge on any atom is -0.300 e. The van der Waals surface area contributed by atoms with Crippen LogP contribution in [-0.2, 0) is 5.41 Å². The van der Waals surface area contributed by atoms with Gasteiger partial charge in [0.25, 0.3) is 0 Å².